The molecule has 0 radical (unpaired) electrons. The first-order valence-electron chi connectivity index (χ1n) is 8.73. The normalized spacial score (nSPS) is 20.5. The lowest BCUT2D eigenvalue weighted by Gasteiger charge is -2.38. The van der Waals surface area contributed by atoms with Crippen LogP contribution < -0.4 is 9.47 Å². The van der Waals surface area contributed by atoms with Gasteiger partial charge in [-0.3, -0.25) is 0 Å². The van der Waals surface area contributed by atoms with Crippen LogP contribution >= 0.6 is 27.3 Å². The van der Waals surface area contributed by atoms with Gasteiger partial charge in [0.15, 0.2) is 0 Å². The van der Waals surface area contributed by atoms with Gasteiger partial charge in [-0.05, 0) is 35.7 Å². The van der Waals surface area contributed by atoms with Gasteiger partial charge in [0.2, 0.25) is 6.23 Å². The van der Waals surface area contributed by atoms with E-state index in [9.17, 15) is 0 Å². The Morgan fingerprint density at radius 1 is 1.15 bits per heavy atom. The van der Waals surface area contributed by atoms with Gasteiger partial charge in [0, 0.05) is 22.0 Å². The first-order valence-corrected chi connectivity index (χ1v) is 10.4. The minimum atomic E-state index is -0.313. The maximum atomic E-state index is 6.41. The fraction of sp³-hybridized carbons (Fsp3) is 0.190. The summed E-state index contributed by atoms with van der Waals surface area (Å²) in [6.07, 6.45) is 0.561. The minimum Gasteiger partial charge on any atom is -0.497 e. The van der Waals surface area contributed by atoms with E-state index >= 15 is 0 Å². The molecule has 5 rings (SSSR count). The highest BCUT2D eigenvalue weighted by molar-refractivity contribution is 9.10. The molecule has 0 amide bonds. The van der Waals surface area contributed by atoms with E-state index in [2.05, 4.69) is 50.6 Å². The summed E-state index contributed by atoms with van der Waals surface area (Å²) in [6.45, 7) is 0. The van der Waals surface area contributed by atoms with Crippen LogP contribution in [0.1, 0.15) is 34.7 Å². The third-order valence-corrected chi connectivity index (χ3v) is 6.61. The molecule has 0 N–H and O–H groups in total. The third kappa shape index (κ3) is 2.84. The highest BCUT2D eigenvalue weighted by Crippen LogP contribution is 2.49. The Morgan fingerprint density at radius 2 is 2.04 bits per heavy atom. The largest absolute Gasteiger partial charge is 0.497 e. The van der Waals surface area contributed by atoms with Gasteiger partial charge in [-0.25, -0.2) is 5.01 Å². The van der Waals surface area contributed by atoms with Crippen molar-refractivity contribution in [3.63, 3.8) is 0 Å². The number of fused-ring (bicyclic) bond motifs is 3. The van der Waals surface area contributed by atoms with Crippen molar-refractivity contribution in [2.24, 2.45) is 5.10 Å². The zero-order valence-corrected chi connectivity index (χ0v) is 17.0. The highest BCUT2D eigenvalue weighted by atomic mass is 79.9. The summed E-state index contributed by atoms with van der Waals surface area (Å²) in [4.78, 5) is 1.21. The molecule has 0 bridgehead atoms. The average Bonchev–Trinajstić information content (AvgIpc) is 3.37. The second-order valence-electron chi connectivity index (χ2n) is 6.52. The van der Waals surface area contributed by atoms with Crippen LogP contribution in [0.15, 0.2) is 69.6 Å². The second-order valence-corrected chi connectivity index (χ2v) is 8.32. The molecule has 2 aromatic carbocycles. The fourth-order valence-corrected chi connectivity index (χ4v) is 4.83. The smallest absolute Gasteiger partial charge is 0.215 e. The first kappa shape index (κ1) is 16.8. The van der Waals surface area contributed by atoms with Gasteiger partial charge in [0.25, 0.3) is 0 Å². The molecule has 3 heterocycles. The number of hydrazone groups is 1. The van der Waals surface area contributed by atoms with Gasteiger partial charge in [0.05, 0.1) is 23.7 Å². The second kappa shape index (κ2) is 6.69. The number of benzene rings is 2. The highest BCUT2D eigenvalue weighted by Gasteiger charge is 2.41. The Labute approximate surface area is 170 Å². The molecule has 2 atom stereocenters. The monoisotopic (exact) mass is 440 g/mol. The Kier molecular flexibility index (Phi) is 4.17. The SMILES string of the molecule is COc1ccc(Br)c(C2Oc3ccccc3C3CC(c4cccs4)=NN32)c1. The van der Waals surface area contributed by atoms with Gasteiger partial charge in [0.1, 0.15) is 11.5 Å². The third-order valence-electron chi connectivity index (χ3n) is 4.97. The molecule has 0 aliphatic carbocycles. The van der Waals surface area contributed by atoms with Crippen molar-refractivity contribution < 1.29 is 9.47 Å². The Balaban J connectivity index is 1.63. The number of para-hydroxylation sites is 1. The van der Waals surface area contributed by atoms with E-state index in [1.54, 1.807) is 18.4 Å². The summed E-state index contributed by atoms with van der Waals surface area (Å²) >= 11 is 5.40. The molecule has 6 heteroatoms. The van der Waals surface area contributed by atoms with Gasteiger partial charge >= 0.3 is 0 Å². The lowest BCUT2D eigenvalue weighted by molar-refractivity contribution is -0.0196. The maximum absolute atomic E-state index is 6.41. The Hall–Kier alpha value is -2.31. The standard InChI is InChI=1S/C21H17BrN2O2S/c1-25-13-8-9-16(22)15(11-13)21-24-18(14-5-2-3-6-19(14)26-21)12-17(23-24)20-7-4-10-27-20/h2-11,18,21H,12H2,1H3. The lowest BCUT2D eigenvalue weighted by atomic mass is 9.97. The van der Waals surface area contributed by atoms with Crippen LogP contribution in [0.5, 0.6) is 11.5 Å². The number of ether oxygens (including phenoxy) is 2. The summed E-state index contributed by atoms with van der Waals surface area (Å²) in [5.41, 5.74) is 3.30. The van der Waals surface area contributed by atoms with Crippen LogP contribution in [0.4, 0.5) is 0 Å². The Bertz CT molecular complexity index is 1020. The van der Waals surface area contributed by atoms with E-state index in [0.29, 0.717) is 0 Å². The van der Waals surface area contributed by atoms with Crippen LogP contribution in [-0.4, -0.2) is 17.8 Å². The van der Waals surface area contributed by atoms with Crippen molar-refractivity contribution in [3.05, 3.63) is 80.5 Å². The van der Waals surface area contributed by atoms with E-state index in [-0.39, 0.29) is 12.3 Å². The summed E-state index contributed by atoms with van der Waals surface area (Å²) in [6, 6.07) is 18.6. The zero-order chi connectivity index (χ0) is 18.4. The van der Waals surface area contributed by atoms with Gasteiger partial charge in [-0.2, -0.15) is 5.10 Å². The summed E-state index contributed by atoms with van der Waals surface area (Å²) in [7, 11) is 1.68. The summed E-state index contributed by atoms with van der Waals surface area (Å²) < 4.78 is 12.8. The molecule has 1 aromatic heterocycles. The van der Waals surface area contributed by atoms with E-state index < -0.39 is 0 Å². The van der Waals surface area contributed by atoms with Gasteiger partial charge in [-0.15, -0.1) is 11.3 Å². The van der Waals surface area contributed by atoms with Crippen LogP contribution in [0, 0.1) is 0 Å². The summed E-state index contributed by atoms with van der Waals surface area (Å²) in [5.74, 6) is 1.72. The number of hydrogen-bond acceptors (Lipinski definition) is 5. The fourth-order valence-electron chi connectivity index (χ4n) is 3.67. The van der Waals surface area contributed by atoms with E-state index in [1.165, 1.54) is 10.4 Å². The number of rotatable bonds is 3. The molecule has 27 heavy (non-hydrogen) atoms. The molecule has 4 nitrogen and oxygen atoms in total. The van der Waals surface area contributed by atoms with Gasteiger partial charge in [-0.1, -0.05) is 40.2 Å². The van der Waals surface area contributed by atoms with Crippen molar-refractivity contribution in [2.75, 3.05) is 7.11 Å². The summed E-state index contributed by atoms with van der Waals surface area (Å²) in [5, 5.41) is 9.17. The molecule has 0 saturated heterocycles. The van der Waals surface area contributed by atoms with Crippen molar-refractivity contribution in [2.45, 2.75) is 18.7 Å². The van der Waals surface area contributed by atoms with Gasteiger partial charge < -0.3 is 9.47 Å². The number of nitrogens with zero attached hydrogens (tertiary/aromatic N) is 2. The van der Waals surface area contributed by atoms with Crippen LogP contribution in [0.2, 0.25) is 0 Å². The van der Waals surface area contributed by atoms with Crippen LogP contribution in [0.25, 0.3) is 0 Å². The molecule has 0 fully saturated rings. The van der Waals surface area contributed by atoms with Crippen molar-refractivity contribution in [3.8, 4) is 11.5 Å². The molecule has 0 saturated carbocycles. The number of methoxy groups -OCH3 is 1. The minimum absolute atomic E-state index is 0.162. The molecule has 0 spiro atoms. The molecule has 2 aliphatic rings. The molecule has 3 aromatic rings. The lowest BCUT2D eigenvalue weighted by Crippen LogP contribution is -2.33. The number of hydrogen-bond donors (Lipinski definition) is 0. The van der Waals surface area contributed by atoms with E-state index in [4.69, 9.17) is 14.6 Å². The first-order chi connectivity index (χ1) is 13.2. The molecular weight excluding hydrogens is 424 g/mol. The molecule has 2 aliphatic heterocycles. The van der Waals surface area contributed by atoms with E-state index in [0.717, 1.165) is 33.7 Å². The zero-order valence-electron chi connectivity index (χ0n) is 14.6. The van der Waals surface area contributed by atoms with Crippen molar-refractivity contribution in [1.82, 2.24) is 5.01 Å². The predicted octanol–water partition coefficient (Wildman–Crippen LogP) is 5.76. The van der Waals surface area contributed by atoms with Crippen LogP contribution in [-0.2, 0) is 0 Å². The van der Waals surface area contributed by atoms with Crippen molar-refractivity contribution in [1.29, 1.82) is 0 Å². The van der Waals surface area contributed by atoms with Crippen molar-refractivity contribution >= 4 is 33.0 Å². The Morgan fingerprint density at radius 3 is 2.85 bits per heavy atom. The molecule has 136 valence electrons. The molecular formula is C21H17BrN2O2S. The quantitative estimate of drug-likeness (QED) is 0.518. The predicted molar refractivity (Wildman–Crippen MR) is 111 cm³/mol. The molecule has 2 unspecified atom stereocenters. The number of thiophene rings is 1. The topological polar surface area (TPSA) is 34.1 Å². The van der Waals surface area contributed by atoms with Crippen LogP contribution in [0.3, 0.4) is 0 Å². The van der Waals surface area contributed by atoms with E-state index in [1.807, 2.05) is 30.3 Å². The average molecular weight is 441 g/mol. The number of halogens is 1. The maximum Gasteiger partial charge on any atom is 0.215 e.